The van der Waals surface area contributed by atoms with E-state index < -0.39 is 16.1 Å². The Morgan fingerprint density at radius 1 is 1.06 bits per heavy atom. The minimum absolute atomic E-state index is 0.0129. The number of rotatable bonds is 7. The maximum atomic E-state index is 13.5. The predicted octanol–water partition coefficient (Wildman–Crippen LogP) is 4.34. The molecule has 3 aromatic rings. The monoisotopic (exact) mass is 484 g/mol. The summed E-state index contributed by atoms with van der Waals surface area (Å²) in [6.45, 7) is 0.591. The lowest BCUT2D eigenvalue weighted by molar-refractivity contribution is -0.122. The molecule has 1 N–H and O–H groups in total. The maximum Gasteiger partial charge on any atom is 0.243 e. The predicted molar refractivity (Wildman–Crippen MR) is 128 cm³/mol. The summed E-state index contributed by atoms with van der Waals surface area (Å²) < 4.78 is 33.8. The molecule has 0 aliphatic carbocycles. The average molecular weight is 485 g/mol. The van der Waals surface area contributed by atoms with E-state index in [1.807, 2.05) is 48.5 Å². The largest absolute Gasteiger partial charge is 0.496 e. The van der Waals surface area contributed by atoms with Gasteiger partial charge in [0.1, 0.15) is 5.75 Å². The first-order chi connectivity index (χ1) is 15.9. The molecule has 0 spiro atoms. The molecule has 1 aliphatic rings. The van der Waals surface area contributed by atoms with E-state index in [0.29, 0.717) is 30.3 Å². The number of para-hydroxylation sites is 1. The summed E-state index contributed by atoms with van der Waals surface area (Å²) in [4.78, 5) is 13.1. The summed E-state index contributed by atoms with van der Waals surface area (Å²) in [6, 6.07) is 20.6. The van der Waals surface area contributed by atoms with Crippen LogP contribution in [0.1, 0.15) is 29.2 Å². The summed E-state index contributed by atoms with van der Waals surface area (Å²) in [6.07, 6.45) is 0.599. The number of carbonyl (C=O) groups is 1. The maximum absolute atomic E-state index is 13.5. The van der Waals surface area contributed by atoms with Crippen LogP contribution >= 0.6 is 11.6 Å². The van der Waals surface area contributed by atoms with Gasteiger partial charge in [0, 0.05) is 30.1 Å². The summed E-state index contributed by atoms with van der Waals surface area (Å²) in [7, 11) is -2.24. The Balaban J connectivity index is 1.59. The molecule has 4 rings (SSSR count). The fourth-order valence-corrected chi connectivity index (χ4v) is 5.89. The van der Waals surface area contributed by atoms with Crippen LogP contribution in [0.5, 0.6) is 5.75 Å². The van der Waals surface area contributed by atoms with Gasteiger partial charge < -0.3 is 10.1 Å². The van der Waals surface area contributed by atoms with Crippen molar-refractivity contribution in [1.82, 2.24) is 9.62 Å². The molecule has 8 heteroatoms. The van der Waals surface area contributed by atoms with E-state index in [9.17, 15) is 13.2 Å². The van der Waals surface area contributed by atoms with Crippen molar-refractivity contribution >= 4 is 27.5 Å². The number of nitrogens with one attached hydrogen (secondary N) is 1. The Hall–Kier alpha value is -2.87. The number of ether oxygens (including phenoxy) is 1. The summed E-state index contributed by atoms with van der Waals surface area (Å²) in [5.74, 6) is 0.451. The molecule has 1 heterocycles. The number of benzene rings is 3. The van der Waals surface area contributed by atoms with Gasteiger partial charge in [0.15, 0.2) is 0 Å². The fraction of sp³-hybridized carbons (Fsp3) is 0.240. The van der Waals surface area contributed by atoms with Gasteiger partial charge in [-0.1, -0.05) is 54.1 Å². The standard InChI is InChI=1S/C25H25ClN2O4S/c1-32-24-9-5-3-7-19(24)17-27-25(29)16-23-22-8-4-2-6-18(22)14-15-28(23)33(30,31)21-12-10-20(26)11-13-21/h2-13,23H,14-17H2,1H3,(H,27,29)/t23-/m0/s1. The first-order valence-corrected chi connectivity index (χ1v) is 12.5. The third-order valence-corrected chi connectivity index (χ3v) is 8.01. The van der Waals surface area contributed by atoms with Crippen LogP contribution < -0.4 is 10.1 Å². The number of methoxy groups -OCH3 is 1. The molecule has 0 radical (unpaired) electrons. The van der Waals surface area contributed by atoms with E-state index in [1.54, 1.807) is 19.2 Å². The summed E-state index contributed by atoms with van der Waals surface area (Å²) in [5.41, 5.74) is 2.76. The molecule has 0 fully saturated rings. The number of sulfonamides is 1. The van der Waals surface area contributed by atoms with Gasteiger partial charge in [-0.15, -0.1) is 0 Å². The summed E-state index contributed by atoms with van der Waals surface area (Å²) in [5, 5.41) is 3.38. The number of hydrogen-bond acceptors (Lipinski definition) is 4. The zero-order valence-electron chi connectivity index (χ0n) is 18.2. The van der Waals surface area contributed by atoms with E-state index in [4.69, 9.17) is 16.3 Å². The molecule has 1 amide bonds. The molecule has 0 unspecified atom stereocenters. The van der Waals surface area contributed by atoms with Gasteiger partial charge in [-0.05, 0) is 47.9 Å². The van der Waals surface area contributed by atoms with E-state index in [0.717, 1.165) is 16.7 Å². The Morgan fingerprint density at radius 2 is 1.76 bits per heavy atom. The third kappa shape index (κ3) is 5.05. The molecular formula is C25H25ClN2O4S. The lowest BCUT2D eigenvalue weighted by atomic mass is 9.92. The first kappa shape index (κ1) is 23.3. The minimum Gasteiger partial charge on any atom is -0.496 e. The number of hydrogen-bond donors (Lipinski definition) is 1. The highest BCUT2D eigenvalue weighted by Gasteiger charge is 2.37. The lowest BCUT2D eigenvalue weighted by Crippen LogP contribution is -2.42. The van der Waals surface area contributed by atoms with Crippen molar-refractivity contribution < 1.29 is 17.9 Å². The Labute approximate surface area is 199 Å². The molecule has 1 aliphatic heterocycles. The van der Waals surface area contributed by atoms with Gasteiger partial charge in [0.2, 0.25) is 15.9 Å². The van der Waals surface area contributed by atoms with Crippen molar-refractivity contribution in [2.45, 2.75) is 30.3 Å². The van der Waals surface area contributed by atoms with Gasteiger partial charge in [-0.2, -0.15) is 4.31 Å². The Morgan fingerprint density at radius 3 is 2.52 bits per heavy atom. The number of amides is 1. The Bertz CT molecular complexity index is 1250. The molecule has 0 saturated carbocycles. The quantitative estimate of drug-likeness (QED) is 0.541. The van der Waals surface area contributed by atoms with Gasteiger partial charge >= 0.3 is 0 Å². The zero-order chi connectivity index (χ0) is 23.4. The summed E-state index contributed by atoms with van der Waals surface area (Å²) >= 11 is 5.95. The molecule has 172 valence electrons. The molecule has 0 saturated heterocycles. The van der Waals surface area contributed by atoms with E-state index in [2.05, 4.69) is 5.32 Å². The highest BCUT2D eigenvalue weighted by Crippen LogP contribution is 2.36. The van der Waals surface area contributed by atoms with Crippen LogP contribution in [0.3, 0.4) is 0 Å². The van der Waals surface area contributed by atoms with Crippen LogP contribution in [-0.2, 0) is 27.8 Å². The van der Waals surface area contributed by atoms with Crippen molar-refractivity contribution in [3.05, 3.63) is 94.5 Å². The molecule has 1 atom stereocenters. The van der Waals surface area contributed by atoms with Crippen LogP contribution in [0.15, 0.2) is 77.7 Å². The van der Waals surface area contributed by atoms with Crippen LogP contribution in [0.2, 0.25) is 5.02 Å². The second-order valence-corrected chi connectivity index (χ2v) is 10.2. The van der Waals surface area contributed by atoms with Gasteiger partial charge in [0.25, 0.3) is 0 Å². The molecule has 0 aromatic heterocycles. The van der Waals surface area contributed by atoms with Crippen molar-refractivity contribution in [2.24, 2.45) is 0 Å². The topological polar surface area (TPSA) is 75.7 Å². The van der Waals surface area contributed by atoms with Crippen molar-refractivity contribution in [3.8, 4) is 5.75 Å². The average Bonchev–Trinajstić information content (AvgIpc) is 2.83. The molecule has 0 bridgehead atoms. The van der Waals surface area contributed by atoms with Crippen molar-refractivity contribution in [2.75, 3.05) is 13.7 Å². The number of nitrogens with zero attached hydrogens (tertiary/aromatic N) is 1. The second-order valence-electron chi connectivity index (χ2n) is 7.83. The minimum atomic E-state index is -3.82. The highest BCUT2D eigenvalue weighted by atomic mass is 35.5. The molecule has 33 heavy (non-hydrogen) atoms. The van der Waals surface area contributed by atoms with E-state index >= 15 is 0 Å². The first-order valence-electron chi connectivity index (χ1n) is 10.6. The van der Waals surface area contributed by atoms with Gasteiger partial charge in [-0.25, -0.2) is 8.42 Å². The number of fused-ring (bicyclic) bond motifs is 1. The SMILES string of the molecule is COc1ccccc1CNC(=O)C[C@H]1c2ccccc2CCN1S(=O)(=O)c1ccc(Cl)cc1. The normalized spacial score (nSPS) is 16.1. The smallest absolute Gasteiger partial charge is 0.243 e. The lowest BCUT2D eigenvalue weighted by Gasteiger charge is -2.36. The van der Waals surface area contributed by atoms with E-state index in [1.165, 1.54) is 16.4 Å². The Kier molecular flexibility index (Phi) is 7.02. The zero-order valence-corrected chi connectivity index (χ0v) is 19.8. The number of halogens is 1. The molecular weight excluding hydrogens is 460 g/mol. The highest BCUT2D eigenvalue weighted by molar-refractivity contribution is 7.89. The molecule has 3 aromatic carbocycles. The number of carbonyl (C=O) groups excluding carboxylic acids is 1. The van der Waals surface area contributed by atoms with Crippen LogP contribution in [0.4, 0.5) is 0 Å². The molecule has 6 nitrogen and oxygen atoms in total. The van der Waals surface area contributed by atoms with Crippen LogP contribution in [0, 0.1) is 0 Å². The van der Waals surface area contributed by atoms with Crippen LogP contribution in [0.25, 0.3) is 0 Å². The fourth-order valence-electron chi connectivity index (χ4n) is 4.16. The van der Waals surface area contributed by atoms with Crippen molar-refractivity contribution in [3.63, 3.8) is 0 Å². The third-order valence-electron chi connectivity index (χ3n) is 5.83. The van der Waals surface area contributed by atoms with Crippen molar-refractivity contribution in [1.29, 1.82) is 0 Å². The second kappa shape index (κ2) is 9.95. The van der Waals surface area contributed by atoms with Gasteiger partial charge in [0.05, 0.1) is 18.0 Å². The van der Waals surface area contributed by atoms with Gasteiger partial charge in [-0.3, -0.25) is 4.79 Å². The van der Waals surface area contributed by atoms with Crippen LogP contribution in [-0.4, -0.2) is 32.3 Å². The van der Waals surface area contributed by atoms with E-state index in [-0.39, 0.29) is 17.2 Å².